The zero-order valence-corrected chi connectivity index (χ0v) is 21.1. The number of nitrogens with zero attached hydrogens (tertiary/aromatic N) is 4. The van der Waals surface area contributed by atoms with Crippen molar-refractivity contribution in [2.75, 3.05) is 47.6 Å². The van der Waals surface area contributed by atoms with Crippen LogP contribution in [0.15, 0.2) is 35.4 Å². The number of nitrogens with one attached hydrogen (secondary N) is 2. The van der Waals surface area contributed by atoms with Gasteiger partial charge in [-0.25, -0.2) is 8.78 Å². The van der Waals surface area contributed by atoms with E-state index in [0.717, 1.165) is 29.1 Å². The Morgan fingerprint density at radius 1 is 1.00 bits per heavy atom. The van der Waals surface area contributed by atoms with Gasteiger partial charge in [-0.05, 0) is 61.6 Å². The van der Waals surface area contributed by atoms with E-state index in [1.807, 2.05) is 29.4 Å². The Balaban J connectivity index is 1.28. The number of aromatic amines is 1. The van der Waals surface area contributed by atoms with Crippen molar-refractivity contribution in [3.05, 3.63) is 36.0 Å². The number of thioether (sulfide) groups is 1. The topological polar surface area (TPSA) is 77.1 Å². The highest BCUT2D eigenvalue weighted by atomic mass is 32.2. The fourth-order valence-electron chi connectivity index (χ4n) is 5.43. The van der Waals surface area contributed by atoms with E-state index >= 15 is 0 Å². The van der Waals surface area contributed by atoms with Crippen LogP contribution in [0.5, 0.6) is 0 Å². The smallest absolute Gasteiger partial charge is 0.260 e. The quantitative estimate of drug-likeness (QED) is 0.437. The first-order valence-electron chi connectivity index (χ1n) is 12.6. The number of halogens is 2. The number of piperidine rings is 2. The fraction of sp³-hybridized carbons (Fsp3) is 0.500. The molecule has 1 spiro atoms. The van der Waals surface area contributed by atoms with Crippen molar-refractivity contribution in [1.82, 2.24) is 15.0 Å². The molecule has 0 atom stereocenters. The lowest BCUT2D eigenvalue weighted by molar-refractivity contribution is -0.0221. The molecule has 3 aromatic rings. The number of rotatable bonds is 5. The first-order chi connectivity index (χ1) is 17.3. The van der Waals surface area contributed by atoms with Crippen LogP contribution in [0.25, 0.3) is 11.0 Å². The predicted octanol–water partition coefficient (Wildman–Crippen LogP) is 5.55. The highest BCUT2D eigenvalue weighted by Gasteiger charge is 2.44. The molecule has 0 unspecified atom stereocenters. The van der Waals surface area contributed by atoms with Crippen LogP contribution in [0.4, 0.5) is 26.2 Å². The van der Waals surface area contributed by atoms with E-state index < -0.39 is 5.92 Å². The molecule has 0 bridgehead atoms. The van der Waals surface area contributed by atoms with Gasteiger partial charge >= 0.3 is 0 Å². The molecular weight excluding hydrogens is 482 g/mol. The minimum Gasteiger partial charge on any atom is -0.371 e. The van der Waals surface area contributed by atoms with Gasteiger partial charge in [0.1, 0.15) is 11.5 Å². The van der Waals surface area contributed by atoms with Crippen molar-refractivity contribution >= 4 is 46.2 Å². The summed E-state index contributed by atoms with van der Waals surface area (Å²) in [4.78, 5) is 31.0. The number of hydrogen-bond donors (Lipinski definition) is 2. The van der Waals surface area contributed by atoms with Gasteiger partial charge in [0.2, 0.25) is 5.95 Å². The molecule has 1 aliphatic carbocycles. The Bertz CT molecular complexity index is 1290. The zero-order chi connectivity index (χ0) is 24.9. The van der Waals surface area contributed by atoms with Crippen molar-refractivity contribution in [3.63, 3.8) is 0 Å². The zero-order valence-electron chi connectivity index (χ0n) is 20.3. The Labute approximate surface area is 213 Å². The van der Waals surface area contributed by atoms with E-state index in [1.54, 1.807) is 18.0 Å². The third-order valence-corrected chi connectivity index (χ3v) is 8.71. The van der Waals surface area contributed by atoms with Gasteiger partial charge in [-0.1, -0.05) is 0 Å². The van der Waals surface area contributed by atoms with Crippen LogP contribution in [0.3, 0.4) is 0 Å². The number of hydrogen-bond acceptors (Lipinski definition) is 6. The average Bonchev–Trinajstić information content (AvgIpc) is 3.45. The lowest BCUT2D eigenvalue weighted by Crippen LogP contribution is -2.40. The molecule has 190 valence electrons. The van der Waals surface area contributed by atoms with Crippen LogP contribution in [0, 0.1) is 5.41 Å². The molecule has 1 amide bonds. The number of carbonyl (C=O) groups excluding carboxylic acids is 1. The molecule has 1 aromatic carbocycles. The van der Waals surface area contributed by atoms with Crippen LogP contribution in [0.2, 0.25) is 0 Å². The number of benzene rings is 1. The van der Waals surface area contributed by atoms with Crippen molar-refractivity contribution in [2.24, 2.45) is 5.41 Å². The number of alkyl halides is 2. The molecule has 3 aliphatic rings. The predicted molar refractivity (Wildman–Crippen MR) is 140 cm³/mol. The van der Waals surface area contributed by atoms with Crippen LogP contribution < -0.4 is 15.1 Å². The SMILES string of the molecule is CSc1ccc(C(=O)Nc2nc(N3CCC(F)(F)CC3)c3cc[nH]c3n2)c(N2CCC3(CC2)CC3)c1. The first-order valence-corrected chi connectivity index (χ1v) is 13.8. The van der Waals surface area contributed by atoms with E-state index in [0.29, 0.717) is 22.4 Å². The molecule has 2 aromatic heterocycles. The number of amides is 1. The third kappa shape index (κ3) is 4.51. The second-order valence-electron chi connectivity index (χ2n) is 10.3. The van der Waals surface area contributed by atoms with Crippen molar-refractivity contribution < 1.29 is 13.6 Å². The summed E-state index contributed by atoms with van der Waals surface area (Å²) in [6.07, 6.45) is 8.34. The Morgan fingerprint density at radius 2 is 1.72 bits per heavy atom. The van der Waals surface area contributed by atoms with Gasteiger partial charge in [-0.15, -0.1) is 11.8 Å². The minimum absolute atomic E-state index is 0.165. The molecule has 6 rings (SSSR count). The maximum Gasteiger partial charge on any atom is 0.260 e. The van der Waals surface area contributed by atoms with E-state index in [-0.39, 0.29) is 37.8 Å². The summed E-state index contributed by atoms with van der Waals surface area (Å²) >= 11 is 1.66. The monoisotopic (exact) mass is 512 g/mol. The van der Waals surface area contributed by atoms with Crippen molar-refractivity contribution in [3.8, 4) is 0 Å². The Kier molecular flexibility index (Phi) is 5.81. The van der Waals surface area contributed by atoms with Crippen LogP contribution >= 0.6 is 11.8 Å². The van der Waals surface area contributed by atoms with Crippen molar-refractivity contribution in [2.45, 2.75) is 49.3 Å². The standard InChI is InChI=1S/C26H30F2N6OS/c1-36-17-2-3-18(20(16-17)33-12-7-25(5-6-25)8-13-33)23(35)32-24-30-21-19(4-11-29-21)22(31-24)34-14-9-26(27,28)10-15-34/h2-4,11,16H,5-10,12-15H2,1H3,(H2,29,30,31,32,35). The summed E-state index contributed by atoms with van der Waals surface area (Å²) in [6, 6.07) is 7.77. The molecule has 3 fully saturated rings. The average molecular weight is 513 g/mol. The van der Waals surface area contributed by atoms with Gasteiger partial charge in [0, 0.05) is 50.1 Å². The maximum absolute atomic E-state index is 13.7. The second kappa shape index (κ2) is 8.90. The highest BCUT2D eigenvalue weighted by Crippen LogP contribution is 2.54. The Hall–Kier alpha value is -2.88. The molecule has 36 heavy (non-hydrogen) atoms. The summed E-state index contributed by atoms with van der Waals surface area (Å²) < 4.78 is 27.5. The van der Waals surface area contributed by atoms with E-state index in [9.17, 15) is 13.6 Å². The Morgan fingerprint density at radius 3 is 2.42 bits per heavy atom. The van der Waals surface area contributed by atoms with E-state index in [4.69, 9.17) is 0 Å². The summed E-state index contributed by atoms with van der Waals surface area (Å²) in [6.45, 7) is 2.31. The van der Waals surface area contributed by atoms with Gasteiger partial charge in [-0.2, -0.15) is 9.97 Å². The molecule has 1 saturated carbocycles. The van der Waals surface area contributed by atoms with Gasteiger partial charge < -0.3 is 14.8 Å². The molecule has 7 nitrogen and oxygen atoms in total. The van der Waals surface area contributed by atoms with Crippen LogP contribution in [0.1, 0.15) is 48.9 Å². The van der Waals surface area contributed by atoms with Crippen LogP contribution in [-0.2, 0) is 0 Å². The number of carbonyl (C=O) groups is 1. The van der Waals surface area contributed by atoms with Crippen LogP contribution in [-0.4, -0.2) is 59.2 Å². The second-order valence-corrected chi connectivity index (χ2v) is 11.2. The lowest BCUT2D eigenvalue weighted by Gasteiger charge is -2.35. The lowest BCUT2D eigenvalue weighted by atomic mass is 9.93. The minimum atomic E-state index is -2.65. The normalized spacial score (nSPS) is 20.6. The van der Waals surface area contributed by atoms with Gasteiger partial charge in [0.15, 0.2) is 0 Å². The molecule has 0 radical (unpaired) electrons. The molecule has 10 heteroatoms. The summed E-state index contributed by atoms with van der Waals surface area (Å²) in [5.74, 6) is -2.19. The molecule has 2 aliphatic heterocycles. The molecular formula is C26H30F2N6OS. The van der Waals surface area contributed by atoms with E-state index in [1.165, 1.54) is 25.7 Å². The van der Waals surface area contributed by atoms with Gasteiger partial charge in [-0.3, -0.25) is 10.1 Å². The molecule has 4 heterocycles. The number of fused-ring (bicyclic) bond motifs is 1. The number of aromatic nitrogens is 3. The third-order valence-electron chi connectivity index (χ3n) is 7.99. The molecule has 2 saturated heterocycles. The van der Waals surface area contributed by atoms with Crippen molar-refractivity contribution in [1.29, 1.82) is 0 Å². The summed E-state index contributed by atoms with van der Waals surface area (Å²) in [5, 5.41) is 3.65. The highest BCUT2D eigenvalue weighted by molar-refractivity contribution is 7.98. The maximum atomic E-state index is 13.7. The first kappa shape index (κ1) is 23.5. The van der Waals surface area contributed by atoms with Gasteiger partial charge in [0.05, 0.1) is 16.6 Å². The summed E-state index contributed by atoms with van der Waals surface area (Å²) in [5.41, 5.74) is 2.64. The van der Waals surface area contributed by atoms with E-state index in [2.05, 4.69) is 31.2 Å². The number of anilines is 3. The largest absolute Gasteiger partial charge is 0.371 e. The fourth-order valence-corrected chi connectivity index (χ4v) is 5.86. The van der Waals surface area contributed by atoms with Gasteiger partial charge in [0.25, 0.3) is 11.8 Å². The summed E-state index contributed by atoms with van der Waals surface area (Å²) in [7, 11) is 0. The number of H-pyrrole nitrogens is 1. The molecule has 2 N–H and O–H groups in total.